The number of pyridine rings is 1. The number of carbonyl (C=O) groups is 1. The number of amides is 1. The first-order valence-corrected chi connectivity index (χ1v) is 9.06. The van der Waals surface area contributed by atoms with Gasteiger partial charge in [-0.15, -0.1) is 10.2 Å². The van der Waals surface area contributed by atoms with Gasteiger partial charge in [0, 0.05) is 49.0 Å². The van der Waals surface area contributed by atoms with Crippen LogP contribution in [0.5, 0.6) is 5.75 Å². The van der Waals surface area contributed by atoms with E-state index < -0.39 is 6.09 Å². The van der Waals surface area contributed by atoms with Gasteiger partial charge in [0.25, 0.3) is 0 Å². The van der Waals surface area contributed by atoms with Crippen molar-refractivity contribution in [3.63, 3.8) is 0 Å². The lowest BCUT2D eigenvalue weighted by Gasteiger charge is -2.33. The molecule has 0 spiro atoms. The Kier molecular flexibility index (Phi) is 4.68. The van der Waals surface area contributed by atoms with E-state index >= 15 is 0 Å². The summed E-state index contributed by atoms with van der Waals surface area (Å²) in [4.78, 5) is 18.8. The number of fused-ring (bicyclic) bond motifs is 1. The molecule has 0 saturated carbocycles. The number of nitrogens with zero attached hydrogens (tertiary/aromatic N) is 5. The third-order valence-electron chi connectivity index (χ3n) is 4.98. The summed E-state index contributed by atoms with van der Waals surface area (Å²) < 4.78 is 5.57. The minimum atomic E-state index is -0.880. The summed E-state index contributed by atoms with van der Waals surface area (Å²) in [6.45, 7) is 4.09. The van der Waals surface area contributed by atoms with Crippen molar-refractivity contribution in [3.05, 3.63) is 42.2 Å². The van der Waals surface area contributed by atoms with Gasteiger partial charge in [0.05, 0.1) is 12.8 Å². The fourth-order valence-corrected chi connectivity index (χ4v) is 3.42. The first-order chi connectivity index (χ1) is 13.5. The lowest BCUT2D eigenvalue weighted by Crippen LogP contribution is -2.48. The normalized spacial score (nSPS) is 14.4. The lowest BCUT2D eigenvalue weighted by atomic mass is 10.0. The quantitative estimate of drug-likeness (QED) is 0.748. The third kappa shape index (κ3) is 3.40. The maximum absolute atomic E-state index is 11.0. The van der Waals surface area contributed by atoms with Gasteiger partial charge in [0.2, 0.25) is 0 Å². The van der Waals surface area contributed by atoms with Gasteiger partial charge in [-0.1, -0.05) is 0 Å². The van der Waals surface area contributed by atoms with Crippen LogP contribution < -0.4 is 9.64 Å². The fraction of sp³-hybridized carbons (Fsp3) is 0.300. The molecule has 1 saturated heterocycles. The molecule has 28 heavy (non-hydrogen) atoms. The van der Waals surface area contributed by atoms with Crippen LogP contribution in [0.25, 0.3) is 22.0 Å². The second-order valence-corrected chi connectivity index (χ2v) is 6.76. The van der Waals surface area contributed by atoms with Gasteiger partial charge in [0.1, 0.15) is 5.75 Å². The van der Waals surface area contributed by atoms with Crippen molar-refractivity contribution in [2.75, 3.05) is 38.2 Å². The molecule has 8 nitrogen and oxygen atoms in total. The molecule has 1 N–H and O–H groups in total. The highest BCUT2D eigenvalue weighted by Gasteiger charge is 2.21. The highest BCUT2D eigenvalue weighted by atomic mass is 16.5. The number of ether oxygens (including phenoxy) is 1. The van der Waals surface area contributed by atoms with Gasteiger partial charge >= 0.3 is 6.09 Å². The van der Waals surface area contributed by atoms with Crippen molar-refractivity contribution < 1.29 is 14.6 Å². The topological polar surface area (TPSA) is 91.7 Å². The predicted octanol–water partition coefficient (Wildman–Crippen LogP) is 2.81. The number of aromatic nitrogens is 3. The molecule has 0 unspecified atom stereocenters. The Morgan fingerprint density at radius 1 is 1.07 bits per heavy atom. The lowest BCUT2D eigenvalue weighted by molar-refractivity contribution is 0.142. The molecular formula is C20H21N5O3. The summed E-state index contributed by atoms with van der Waals surface area (Å²) in [5.41, 5.74) is 2.53. The van der Waals surface area contributed by atoms with Crippen LogP contribution in [0, 0.1) is 6.92 Å². The van der Waals surface area contributed by atoms with Crippen LogP contribution in [0.15, 0.2) is 36.5 Å². The molecular weight excluding hydrogens is 358 g/mol. The van der Waals surface area contributed by atoms with Gasteiger partial charge in [0.15, 0.2) is 5.82 Å². The van der Waals surface area contributed by atoms with E-state index in [1.165, 1.54) is 4.90 Å². The zero-order valence-electron chi connectivity index (χ0n) is 15.8. The summed E-state index contributed by atoms with van der Waals surface area (Å²) >= 11 is 0. The Hall–Kier alpha value is -3.42. The summed E-state index contributed by atoms with van der Waals surface area (Å²) in [5, 5.41) is 19.9. The molecule has 1 aliphatic rings. The molecule has 144 valence electrons. The van der Waals surface area contributed by atoms with Crippen LogP contribution in [-0.2, 0) is 0 Å². The molecule has 3 heterocycles. The number of anilines is 1. The maximum Gasteiger partial charge on any atom is 0.407 e. The molecule has 1 amide bonds. The number of hydrogen-bond acceptors (Lipinski definition) is 6. The number of methoxy groups -OCH3 is 1. The molecule has 0 radical (unpaired) electrons. The minimum absolute atomic E-state index is 0.462. The molecule has 3 aromatic rings. The number of piperazine rings is 1. The predicted molar refractivity (Wildman–Crippen MR) is 106 cm³/mol. The van der Waals surface area contributed by atoms with Crippen LogP contribution in [0.3, 0.4) is 0 Å². The minimum Gasteiger partial charge on any atom is -0.496 e. The zero-order chi connectivity index (χ0) is 19.7. The van der Waals surface area contributed by atoms with Gasteiger partial charge in [-0.3, -0.25) is 4.98 Å². The van der Waals surface area contributed by atoms with E-state index in [9.17, 15) is 4.79 Å². The Balaban J connectivity index is 1.60. The van der Waals surface area contributed by atoms with Crippen molar-refractivity contribution in [2.45, 2.75) is 6.92 Å². The fourth-order valence-electron chi connectivity index (χ4n) is 3.42. The van der Waals surface area contributed by atoms with Gasteiger partial charge in [-0.2, -0.15) is 0 Å². The van der Waals surface area contributed by atoms with Gasteiger partial charge < -0.3 is 19.6 Å². The SMILES string of the molecule is COc1cc2cc(C)ncc2cc1-c1ccc(N2CCN(C(=O)O)CC2)nn1. The monoisotopic (exact) mass is 379 g/mol. The second kappa shape index (κ2) is 7.30. The number of hydrogen-bond donors (Lipinski definition) is 1. The largest absolute Gasteiger partial charge is 0.496 e. The molecule has 0 atom stereocenters. The molecule has 8 heteroatoms. The van der Waals surface area contributed by atoms with Crippen LogP contribution in [0.4, 0.5) is 10.6 Å². The Bertz CT molecular complexity index is 1010. The summed E-state index contributed by atoms with van der Waals surface area (Å²) in [7, 11) is 1.64. The van der Waals surface area contributed by atoms with Crippen molar-refractivity contribution >= 4 is 22.7 Å². The van der Waals surface area contributed by atoms with Crippen LogP contribution >= 0.6 is 0 Å². The van der Waals surface area contributed by atoms with Crippen molar-refractivity contribution in [1.82, 2.24) is 20.1 Å². The zero-order valence-corrected chi connectivity index (χ0v) is 15.8. The van der Waals surface area contributed by atoms with E-state index in [0.717, 1.165) is 33.6 Å². The van der Waals surface area contributed by atoms with Crippen LogP contribution in [-0.4, -0.2) is 64.6 Å². The number of rotatable bonds is 3. The second-order valence-electron chi connectivity index (χ2n) is 6.76. The smallest absolute Gasteiger partial charge is 0.407 e. The van der Waals surface area contributed by atoms with E-state index in [4.69, 9.17) is 9.84 Å². The Labute approximate surface area is 162 Å². The average molecular weight is 379 g/mol. The van der Waals surface area contributed by atoms with E-state index in [1.807, 2.05) is 48.4 Å². The molecule has 1 aliphatic heterocycles. The first kappa shape index (κ1) is 18.0. The van der Waals surface area contributed by atoms with Crippen molar-refractivity contribution in [3.8, 4) is 17.0 Å². The number of carboxylic acid groups (broad SMARTS) is 1. The Morgan fingerprint density at radius 3 is 2.50 bits per heavy atom. The number of aryl methyl sites for hydroxylation is 1. The summed E-state index contributed by atoms with van der Waals surface area (Å²) in [6.07, 6.45) is 0.964. The summed E-state index contributed by atoms with van der Waals surface area (Å²) in [6, 6.07) is 9.84. The molecule has 0 bridgehead atoms. The molecule has 1 aromatic carbocycles. The summed E-state index contributed by atoms with van der Waals surface area (Å²) in [5.74, 6) is 1.47. The molecule has 1 fully saturated rings. The number of benzene rings is 1. The average Bonchev–Trinajstić information content (AvgIpc) is 2.73. The highest BCUT2D eigenvalue weighted by molar-refractivity contribution is 5.89. The first-order valence-electron chi connectivity index (χ1n) is 9.06. The molecule has 0 aliphatic carbocycles. The maximum atomic E-state index is 11.0. The standard InChI is InChI=1S/C20H21N5O3/c1-13-9-14-11-18(28-2)16(10-15(14)12-21-13)17-3-4-19(23-22-17)24-5-7-25(8-6-24)20(26)27/h3-4,9-12H,5-8H2,1-2H3,(H,26,27). The van der Waals surface area contributed by atoms with Crippen molar-refractivity contribution in [2.24, 2.45) is 0 Å². The van der Waals surface area contributed by atoms with E-state index in [-0.39, 0.29) is 0 Å². The van der Waals surface area contributed by atoms with Gasteiger partial charge in [-0.05, 0) is 42.6 Å². The molecule has 4 rings (SSSR count). The highest BCUT2D eigenvalue weighted by Crippen LogP contribution is 2.33. The van der Waals surface area contributed by atoms with E-state index in [1.54, 1.807) is 7.11 Å². The molecule has 2 aromatic heterocycles. The Morgan fingerprint density at radius 2 is 1.86 bits per heavy atom. The third-order valence-corrected chi connectivity index (χ3v) is 4.98. The van der Waals surface area contributed by atoms with E-state index in [2.05, 4.69) is 15.2 Å². The van der Waals surface area contributed by atoms with E-state index in [0.29, 0.717) is 31.9 Å². The van der Waals surface area contributed by atoms with Crippen molar-refractivity contribution in [1.29, 1.82) is 0 Å². The van der Waals surface area contributed by atoms with Crippen LogP contribution in [0.1, 0.15) is 5.69 Å². The van der Waals surface area contributed by atoms with Gasteiger partial charge in [-0.25, -0.2) is 4.79 Å². The van der Waals surface area contributed by atoms with Crippen LogP contribution in [0.2, 0.25) is 0 Å².